The maximum absolute atomic E-state index is 14.4. The van der Waals surface area contributed by atoms with Crippen molar-refractivity contribution in [3.05, 3.63) is 29.6 Å². The molecule has 2 aliphatic rings. The SMILES string of the molecule is CCNCc1cccc(F)c1N1CCN2CCCCC2C1. The lowest BCUT2D eigenvalue weighted by Crippen LogP contribution is -2.55. The Morgan fingerprint density at radius 1 is 1.24 bits per heavy atom. The predicted molar refractivity (Wildman–Crippen MR) is 85.2 cm³/mol. The predicted octanol–water partition coefficient (Wildman–Crippen LogP) is 2.61. The van der Waals surface area contributed by atoms with Gasteiger partial charge < -0.3 is 10.2 Å². The van der Waals surface area contributed by atoms with Gasteiger partial charge in [-0.25, -0.2) is 4.39 Å². The van der Waals surface area contributed by atoms with Crippen LogP contribution in [0.3, 0.4) is 0 Å². The number of anilines is 1. The second-order valence-corrected chi connectivity index (χ2v) is 6.16. The summed E-state index contributed by atoms with van der Waals surface area (Å²) in [4.78, 5) is 4.86. The van der Waals surface area contributed by atoms with Gasteiger partial charge in [-0.3, -0.25) is 4.90 Å². The van der Waals surface area contributed by atoms with Gasteiger partial charge >= 0.3 is 0 Å². The van der Waals surface area contributed by atoms with Crippen LogP contribution >= 0.6 is 0 Å². The number of nitrogens with zero attached hydrogens (tertiary/aromatic N) is 2. The largest absolute Gasteiger partial charge is 0.366 e. The van der Waals surface area contributed by atoms with Crippen molar-refractivity contribution in [1.82, 2.24) is 10.2 Å². The standard InChI is InChI=1S/C17H26FN3/c1-2-19-12-14-6-5-8-16(18)17(14)21-11-10-20-9-4-3-7-15(20)13-21/h5-6,8,15,19H,2-4,7,9-13H2,1H3. The van der Waals surface area contributed by atoms with Gasteiger partial charge in [0.25, 0.3) is 0 Å². The fourth-order valence-corrected chi connectivity index (χ4v) is 3.68. The molecule has 3 rings (SSSR count). The van der Waals surface area contributed by atoms with Crippen LogP contribution in [0.15, 0.2) is 18.2 Å². The highest BCUT2D eigenvalue weighted by Gasteiger charge is 2.30. The smallest absolute Gasteiger partial charge is 0.146 e. The molecule has 0 saturated carbocycles. The van der Waals surface area contributed by atoms with Crippen LogP contribution in [-0.2, 0) is 6.54 Å². The molecule has 0 bridgehead atoms. The number of piperidine rings is 1. The maximum atomic E-state index is 14.4. The summed E-state index contributed by atoms with van der Waals surface area (Å²) < 4.78 is 14.4. The molecule has 0 aromatic heterocycles. The Bertz CT molecular complexity index is 477. The molecule has 0 aliphatic carbocycles. The van der Waals surface area contributed by atoms with Crippen molar-refractivity contribution in [2.45, 2.75) is 38.8 Å². The van der Waals surface area contributed by atoms with Crippen LogP contribution in [0.5, 0.6) is 0 Å². The third kappa shape index (κ3) is 3.22. The van der Waals surface area contributed by atoms with Crippen molar-refractivity contribution in [3.8, 4) is 0 Å². The van der Waals surface area contributed by atoms with Gasteiger partial charge in [-0.15, -0.1) is 0 Å². The van der Waals surface area contributed by atoms with E-state index in [-0.39, 0.29) is 5.82 Å². The first kappa shape index (κ1) is 14.8. The lowest BCUT2D eigenvalue weighted by Gasteiger charge is -2.45. The molecule has 1 aromatic carbocycles. The summed E-state index contributed by atoms with van der Waals surface area (Å²) in [6.45, 7) is 7.94. The van der Waals surface area contributed by atoms with E-state index in [1.54, 1.807) is 6.07 Å². The molecule has 0 radical (unpaired) electrons. The minimum absolute atomic E-state index is 0.0744. The van der Waals surface area contributed by atoms with Gasteiger partial charge in [-0.2, -0.15) is 0 Å². The van der Waals surface area contributed by atoms with Gasteiger partial charge in [0.1, 0.15) is 5.82 Å². The van der Waals surface area contributed by atoms with E-state index in [1.807, 2.05) is 12.1 Å². The fourth-order valence-electron chi connectivity index (χ4n) is 3.68. The second kappa shape index (κ2) is 6.75. The highest BCUT2D eigenvalue weighted by Crippen LogP contribution is 2.29. The Kier molecular flexibility index (Phi) is 4.76. The van der Waals surface area contributed by atoms with Crippen LogP contribution in [0, 0.1) is 5.82 Å². The first-order chi connectivity index (χ1) is 10.3. The molecule has 1 aromatic rings. The summed E-state index contributed by atoms with van der Waals surface area (Å²) in [7, 11) is 0. The van der Waals surface area contributed by atoms with Crippen molar-refractivity contribution in [1.29, 1.82) is 0 Å². The Balaban J connectivity index is 1.79. The first-order valence-corrected chi connectivity index (χ1v) is 8.26. The van der Waals surface area contributed by atoms with Crippen LogP contribution in [0.25, 0.3) is 0 Å². The molecule has 2 fully saturated rings. The Labute approximate surface area is 127 Å². The molecule has 1 atom stereocenters. The molecular weight excluding hydrogens is 265 g/mol. The monoisotopic (exact) mass is 291 g/mol. The number of benzene rings is 1. The minimum atomic E-state index is -0.0744. The maximum Gasteiger partial charge on any atom is 0.146 e. The van der Waals surface area contributed by atoms with Crippen LogP contribution in [0.4, 0.5) is 10.1 Å². The van der Waals surface area contributed by atoms with Crippen molar-refractivity contribution >= 4 is 5.69 Å². The number of para-hydroxylation sites is 1. The van der Waals surface area contributed by atoms with Crippen LogP contribution in [-0.4, -0.2) is 43.7 Å². The highest BCUT2D eigenvalue weighted by molar-refractivity contribution is 5.55. The molecule has 0 spiro atoms. The number of nitrogens with one attached hydrogen (secondary N) is 1. The van der Waals surface area contributed by atoms with Crippen molar-refractivity contribution < 1.29 is 4.39 Å². The van der Waals surface area contributed by atoms with Crippen LogP contribution in [0.2, 0.25) is 0 Å². The third-order valence-corrected chi connectivity index (χ3v) is 4.79. The molecule has 2 heterocycles. The summed E-state index contributed by atoms with van der Waals surface area (Å²) >= 11 is 0. The number of fused-ring (bicyclic) bond motifs is 1. The average Bonchev–Trinajstić information content (AvgIpc) is 2.52. The second-order valence-electron chi connectivity index (χ2n) is 6.16. The molecule has 2 aliphatic heterocycles. The molecule has 116 valence electrons. The fraction of sp³-hybridized carbons (Fsp3) is 0.647. The summed E-state index contributed by atoms with van der Waals surface area (Å²) in [6, 6.07) is 6.08. The third-order valence-electron chi connectivity index (χ3n) is 4.79. The number of hydrogen-bond acceptors (Lipinski definition) is 3. The molecular formula is C17H26FN3. The van der Waals surface area contributed by atoms with Crippen LogP contribution in [0.1, 0.15) is 31.7 Å². The van der Waals surface area contributed by atoms with E-state index >= 15 is 0 Å². The number of halogens is 1. The molecule has 4 heteroatoms. The molecule has 1 unspecified atom stereocenters. The molecule has 1 N–H and O–H groups in total. The topological polar surface area (TPSA) is 18.5 Å². The summed E-state index contributed by atoms with van der Waals surface area (Å²) in [6.07, 6.45) is 3.89. The van der Waals surface area contributed by atoms with Gasteiger partial charge in [0.15, 0.2) is 0 Å². The van der Waals surface area contributed by atoms with Gasteiger partial charge in [0, 0.05) is 32.2 Å². The average molecular weight is 291 g/mol. The van der Waals surface area contributed by atoms with E-state index in [0.717, 1.165) is 44.0 Å². The summed E-state index contributed by atoms with van der Waals surface area (Å²) in [5.74, 6) is -0.0744. The quantitative estimate of drug-likeness (QED) is 0.920. The first-order valence-electron chi connectivity index (χ1n) is 8.26. The van der Waals surface area contributed by atoms with Gasteiger partial charge in [0.2, 0.25) is 0 Å². The number of hydrogen-bond donors (Lipinski definition) is 1. The lowest BCUT2D eigenvalue weighted by atomic mass is 9.98. The van der Waals surface area contributed by atoms with Crippen LogP contribution < -0.4 is 10.2 Å². The van der Waals surface area contributed by atoms with Crippen molar-refractivity contribution in [2.75, 3.05) is 37.6 Å². The number of rotatable bonds is 4. The minimum Gasteiger partial charge on any atom is -0.366 e. The van der Waals surface area contributed by atoms with Gasteiger partial charge in [0.05, 0.1) is 5.69 Å². The van der Waals surface area contributed by atoms with Gasteiger partial charge in [-0.05, 0) is 37.6 Å². The van der Waals surface area contributed by atoms with Crippen molar-refractivity contribution in [2.24, 2.45) is 0 Å². The highest BCUT2D eigenvalue weighted by atomic mass is 19.1. The van der Waals surface area contributed by atoms with Crippen molar-refractivity contribution in [3.63, 3.8) is 0 Å². The Morgan fingerprint density at radius 3 is 3.00 bits per heavy atom. The number of piperazine rings is 1. The summed E-state index contributed by atoms with van der Waals surface area (Å²) in [5.41, 5.74) is 1.91. The van der Waals surface area contributed by atoms with E-state index < -0.39 is 0 Å². The molecule has 0 amide bonds. The Morgan fingerprint density at radius 2 is 2.14 bits per heavy atom. The zero-order valence-electron chi connectivity index (χ0n) is 12.9. The van der Waals surface area contributed by atoms with E-state index in [9.17, 15) is 4.39 Å². The Hall–Kier alpha value is -1.13. The van der Waals surface area contributed by atoms with E-state index in [1.165, 1.54) is 25.8 Å². The zero-order valence-corrected chi connectivity index (χ0v) is 12.9. The molecule has 3 nitrogen and oxygen atoms in total. The summed E-state index contributed by atoms with van der Waals surface area (Å²) in [5, 5.41) is 3.32. The van der Waals surface area contributed by atoms with E-state index in [0.29, 0.717) is 6.04 Å². The van der Waals surface area contributed by atoms with E-state index in [4.69, 9.17) is 0 Å². The molecule has 2 saturated heterocycles. The van der Waals surface area contributed by atoms with Gasteiger partial charge in [-0.1, -0.05) is 25.5 Å². The molecule has 21 heavy (non-hydrogen) atoms. The normalized spacial score (nSPS) is 23.1. The van der Waals surface area contributed by atoms with E-state index in [2.05, 4.69) is 22.0 Å². The lowest BCUT2D eigenvalue weighted by molar-refractivity contribution is 0.133. The zero-order chi connectivity index (χ0) is 14.7.